The second kappa shape index (κ2) is 8.70. The highest BCUT2D eigenvalue weighted by molar-refractivity contribution is 5.81. The van der Waals surface area contributed by atoms with Crippen LogP contribution in [0.2, 0.25) is 0 Å². The van der Waals surface area contributed by atoms with Crippen molar-refractivity contribution in [3.05, 3.63) is 71.9 Å². The van der Waals surface area contributed by atoms with Crippen molar-refractivity contribution >= 4 is 23.6 Å². The van der Waals surface area contributed by atoms with Crippen molar-refractivity contribution in [1.29, 1.82) is 0 Å². The van der Waals surface area contributed by atoms with Crippen molar-refractivity contribution in [3.8, 4) is 11.3 Å². The summed E-state index contributed by atoms with van der Waals surface area (Å²) in [5.74, 6) is -0.147. The molecule has 0 aliphatic carbocycles. The molecular formula is C23H21F4N5O. The number of hydrogen-bond donors (Lipinski definition) is 2. The molecule has 1 aliphatic rings. The molecule has 0 fully saturated rings. The van der Waals surface area contributed by atoms with Gasteiger partial charge in [-0.05, 0) is 43.3 Å². The number of nitrogens with two attached hydrogens (primary N) is 1. The largest absolute Gasteiger partial charge is 0.404 e. The van der Waals surface area contributed by atoms with Gasteiger partial charge in [0.1, 0.15) is 29.2 Å². The fourth-order valence-corrected chi connectivity index (χ4v) is 3.40. The molecule has 1 aromatic heterocycles. The van der Waals surface area contributed by atoms with Gasteiger partial charge in [-0.25, -0.2) is 9.37 Å². The van der Waals surface area contributed by atoms with Gasteiger partial charge in [-0.15, -0.1) is 0 Å². The Morgan fingerprint density at radius 3 is 2.42 bits per heavy atom. The minimum Gasteiger partial charge on any atom is -0.339 e. The van der Waals surface area contributed by atoms with Crippen LogP contribution in [0.1, 0.15) is 17.8 Å². The van der Waals surface area contributed by atoms with E-state index in [1.54, 1.807) is 22.9 Å². The van der Waals surface area contributed by atoms with Crippen molar-refractivity contribution in [2.24, 2.45) is 5.73 Å². The molecule has 33 heavy (non-hydrogen) atoms. The van der Waals surface area contributed by atoms with Crippen LogP contribution in [-0.2, 0) is 11.3 Å². The molecule has 0 radical (unpaired) electrons. The number of aryl methyl sites for hydroxylation is 1. The van der Waals surface area contributed by atoms with Gasteiger partial charge >= 0.3 is 6.18 Å². The van der Waals surface area contributed by atoms with Crippen LogP contribution in [0.3, 0.4) is 0 Å². The van der Waals surface area contributed by atoms with Crippen molar-refractivity contribution in [2.75, 3.05) is 5.32 Å². The summed E-state index contributed by atoms with van der Waals surface area (Å²) in [6.07, 6.45) is -2.58. The lowest BCUT2D eigenvalue weighted by Gasteiger charge is -2.24. The van der Waals surface area contributed by atoms with Gasteiger partial charge in [0.2, 0.25) is 5.91 Å². The number of aromatic nitrogens is 2. The second-order valence-corrected chi connectivity index (χ2v) is 7.77. The Hall–Kier alpha value is -3.66. The highest BCUT2D eigenvalue weighted by atomic mass is 19.4. The number of halogens is 4. The minimum absolute atomic E-state index is 0.0380. The molecular weight excluding hydrogens is 438 g/mol. The summed E-state index contributed by atoms with van der Waals surface area (Å²) in [6.45, 7) is 1.93. The molecule has 3 aromatic rings. The van der Waals surface area contributed by atoms with Gasteiger partial charge in [-0.2, -0.15) is 13.2 Å². The highest BCUT2D eigenvalue weighted by Crippen LogP contribution is 2.34. The second-order valence-electron chi connectivity index (χ2n) is 7.77. The summed E-state index contributed by atoms with van der Waals surface area (Å²) in [5, 5.41) is 3.30. The first-order valence-corrected chi connectivity index (χ1v) is 10.1. The molecule has 0 saturated heterocycles. The van der Waals surface area contributed by atoms with E-state index >= 15 is 0 Å². The van der Waals surface area contributed by atoms with Crippen LogP contribution in [0.4, 0.5) is 29.1 Å². The monoisotopic (exact) mass is 459 g/mol. The zero-order valence-electron chi connectivity index (χ0n) is 17.6. The Morgan fingerprint density at radius 1 is 1.12 bits per heavy atom. The lowest BCUT2D eigenvalue weighted by atomic mass is 10.1. The van der Waals surface area contributed by atoms with E-state index in [1.165, 1.54) is 18.3 Å². The summed E-state index contributed by atoms with van der Waals surface area (Å²) in [5.41, 5.74) is 8.13. The zero-order valence-corrected chi connectivity index (χ0v) is 17.6. The molecule has 1 aliphatic heterocycles. The lowest BCUT2D eigenvalue weighted by molar-refractivity contribution is -0.157. The molecule has 6 nitrogen and oxygen atoms in total. The van der Waals surface area contributed by atoms with Crippen LogP contribution in [0, 0.1) is 12.7 Å². The molecule has 0 saturated carbocycles. The summed E-state index contributed by atoms with van der Waals surface area (Å²) >= 11 is 0. The third-order valence-corrected chi connectivity index (χ3v) is 5.26. The number of benzene rings is 2. The third kappa shape index (κ3) is 4.90. The van der Waals surface area contributed by atoms with Gasteiger partial charge in [-0.3, -0.25) is 9.36 Å². The highest BCUT2D eigenvalue weighted by Gasteiger charge is 2.39. The molecule has 0 spiro atoms. The first kappa shape index (κ1) is 22.5. The van der Waals surface area contributed by atoms with E-state index in [1.807, 2.05) is 31.2 Å². The van der Waals surface area contributed by atoms with Crippen LogP contribution >= 0.6 is 0 Å². The van der Waals surface area contributed by atoms with E-state index < -0.39 is 30.4 Å². The van der Waals surface area contributed by atoms with Crippen molar-refractivity contribution < 1.29 is 22.4 Å². The number of hydrogen-bond acceptors (Lipinski definition) is 4. The minimum atomic E-state index is -4.66. The van der Waals surface area contributed by atoms with E-state index in [0.717, 1.165) is 16.2 Å². The van der Waals surface area contributed by atoms with Crippen molar-refractivity contribution in [2.45, 2.75) is 32.1 Å². The molecule has 2 aromatic carbocycles. The van der Waals surface area contributed by atoms with Gasteiger partial charge in [0.15, 0.2) is 0 Å². The molecule has 3 N–H and O–H groups in total. The number of imidazole rings is 1. The van der Waals surface area contributed by atoms with Crippen molar-refractivity contribution in [3.63, 3.8) is 0 Å². The number of anilines is 2. The summed E-state index contributed by atoms with van der Waals surface area (Å²) in [7, 11) is 0. The maximum absolute atomic E-state index is 13.5. The Labute approximate surface area is 187 Å². The number of fused-ring (bicyclic) bond motifs is 1. The zero-order chi connectivity index (χ0) is 23.8. The van der Waals surface area contributed by atoms with Crippen LogP contribution in [0.5, 0.6) is 0 Å². The lowest BCUT2D eigenvalue weighted by Crippen LogP contribution is -2.42. The summed E-state index contributed by atoms with van der Waals surface area (Å²) in [6, 6.07) is 11.2. The normalized spacial score (nSPS) is 14.2. The van der Waals surface area contributed by atoms with Crippen LogP contribution in [0.15, 0.2) is 54.7 Å². The predicted molar refractivity (Wildman–Crippen MR) is 117 cm³/mol. The average molecular weight is 459 g/mol. The molecule has 172 valence electrons. The van der Waals surface area contributed by atoms with Crippen LogP contribution < -0.4 is 11.1 Å². The Kier molecular flexibility index (Phi) is 5.94. The molecule has 1 amide bonds. The first-order valence-electron chi connectivity index (χ1n) is 10.1. The van der Waals surface area contributed by atoms with Gasteiger partial charge < -0.3 is 16.0 Å². The number of rotatable bonds is 5. The molecule has 2 heterocycles. The fourth-order valence-electron chi connectivity index (χ4n) is 3.40. The van der Waals surface area contributed by atoms with Gasteiger partial charge in [-0.1, -0.05) is 17.7 Å². The van der Waals surface area contributed by atoms with Gasteiger partial charge in [0, 0.05) is 23.7 Å². The quantitative estimate of drug-likeness (QED) is 0.538. The topological polar surface area (TPSA) is 76.2 Å². The van der Waals surface area contributed by atoms with E-state index in [4.69, 9.17) is 5.73 Å². The third-order valence-electron chi connectivity index (χ3n) is 5.26. The fraction of sp³-hybridized carbons (Fsp3) is 0.217. The standard InChI is InChI=1S/C23H21F4N5O/c1-14-2-8-17(9-3-14)29-22-21(15-4-6-16(24)7-5-15)30-19-13-31(10-11-32(19)22)20(33)12-18(28)23(25,26)27/h2-11,18,29H,12-13,28H2,1H3. The average Bonchev–Trinajstić information content (AvgIpc) is 3.12. The van der Waals surface area contributed by atoms with Gasteiger partial charge in [0.05, 0.1) is 13.0 Å². The number of nitrogens with zero attached hydrogens (tertiary/aromatic N) is 3. The maximum Gasteiger partial charge on any atom is 0.404 e. The SMILES string of the molecule is Cc1ccc(Nc2c(-c3ccc(F)cc3)nc3n2C=CN(C(=O)CC(N)C(F)(F)F)C3)cc1. The van der Waals surface area contributed by atoms with Crippen LogP contribution in [0.25, 0.3) is 17.5 Å². The van der Waals surface area contributed by atoms with Crippen molar-refractivity contribution in [1.82, 2.24) is 14.5 Å². The summed E-state index contributed by atoms with van der Waals surface area (Å²) < 4.78 is 53.4. The molecule has 10 heteroatoms. The summed E-state index contributed by atoms with van der Waals surface area (Å²) in [4.78, 5) is 18.1. The maximum atomic E-state index is 13.5. The smallest absolute Gasteiger partial charge is 0.339 e. The van der Waals surface area contributed by atoms with E-state index in [0.29, 0.717) is 22.9 Å². The molecule has 1 atom stereocenters. The molecule has 1 unspecified atom stereocenters. The Bertz CT molecular complexity index is 1180. The van der Waals surface area contributed by atoms with E-state index in [9.17, 15) is 22.4 Å². The molecule has 0 bridgehead atoms. The Morgan fingerprint density at radius 2 is 1.79 bits per heavy atom. The predicted octanol–water partition coefficient (Wildman–Crippen LogP) is 4.79. The first-order chi connectivity index (χ1) is 15.6. The number of carbonyl (C=O) groups is 1. The number of carbonyl (C=O) groups excluding carboxylic acids is 1. The van der Waals surface area contributed by atoms with Gasteiger partial charge in [0.25, 0.3) is 0 Å². The molecule has 4 rings (SSSR count). The van der Waals surface area contributed by atoms with Crippen LogP contribution in [-0.4, -0.2) is 32.6 Å². The number of alkyl halides is 3. The number of amides is 1. The Balaban J connectivity index is 1.67. The van der Waals surface area contributed by atoms with E-state index in [2.05, 4.69) is 10.3 Å². The van der Waals surface area contributed by atoms with E-state index in [-0.39, 0.29) is 6.54 Å². The number of nitrogens with one attached hydrogen (secondary N) is 1.